The Balaban J connectivity index is 1.68. The van der Waals surface area contributed by atoms with Crippen LogP contribution in [0.15, 0.2) is 18.2 Å². The van der Waals surface area contributed by atoms with E-state index in [2.05, 4.69) is 24.5 Å². The van der Waals surface area contributed by atoms with E-state index in [4.69, 9.17) is 0 Å². The van der Waals surface area contributed by atoms with Gasteiger partial charge in [-0.1, -0.05) is 39.5 Å². The van der Waals surface area contributed by atoms with E-state index in [0.29, 0.717) is 28.2 Å². The Labute approximate surface area is 211 Å². The van der Waals surface area contributed by atoms with Gasteiger partial charge in [0.25, 0.3) is 5.91 Å². The molecule has 3 aliphatic rings. The van der Waals surface area contributed by atoms with Crippen molar-refractivity contribution >= 4 is 34.3 Å². The van der Waals surface area contributed by atoms with Crippen LogP contribution in [0, 0.1) is 17.7 Å². The molecule has 3 amide bonds. The average molecular weight is 497 g/mol. The van der Waals surface area contributed by atoms with E-state index in [1.54, 1.807) is 6.07 Å². The number of aromatic nitrogens is 1. The Morgan fingerprint density at radius 2 is 1.81 bits per heavy atom. The average Bonchev–Trinajstić information content (AvgIpc) is 3.42. The number of hydrogen-bond acceptors (Lipinski definition) is 3. The highest BCUT2D eigenvalue weighted by atomic mass is 19.1. The molecule has 2 fully saturated rings. The molecule has 4 atom stereocenters. The van der Waals surface area contributed by atoms with E-state index in [9.17, 15) is 18.8 Å². The second kappa shape index (κ2) is 9.20. The molecule has 4 unspecified atom stereocenters. The monoisotopic (exact) mass is 496 g/mol. The Morgan fingerprint density at radius 3 is 2.50 bits per heavy atom. The third-order valence-electron chi connectivity index (χ3n) is 8.92. The number of carbonyl (C=O) groups is 3. The summed E-state index contributed by atoms with van der Waals surface area (Å²) >= 11 is 0. The highest BCUT2D eigenvalue weighted by Crippen LogP contribution is 2.44. The van der Waals surface area contributed by atoms with Crippen LogP contribution in [0.5, 0.6) is 0 Å². The summed E-state index contributed by atoms with van der Waals surface area (Å²) in [7, 11) is 0. The molecule has 36 heavy (non-hydrogen) atoms. The summed E-state index contributed by atoms with van der Waals surface area (Å²) < 4.78 is 16.1. The van der Waals surface area contributed by atoms with Crippen LogP contribution in [0.2, 0.25) is 0 Å². The van der Waals surface area contributed by atoms with Crippen LogP contribution in [0.3, 0.4) is 0 Å². The number of carbonyl (C=O) groups excluding carboxylic acids is 3. The fraction of sp³-hybridized carbons (Fsp3) is 0.607. The van der Waals surface area contributed by atoms with Gasteiger partial charge in [-0.15, -0.1) is 0 Å². The Bertz CT molecular complexity index is 1220. The lowest BCUT2D eigenvalue weighted by Gasteiger charge is -2.52. The molecule has 2 saturated carbocycles. The number of anilines is 1. The van der Waals surface area contributed by atoms with E-state index in [-0.39, 0.29) is 42.3 Å². The standard InChI is InChI=1S/C28H37FN4O3/c1-16-8-7-11-22(17(16)2)33-26(35)25-24(30-18(3)34)21-14-19(29)12-13-23(21)32(25)15-28(33,4)27(36)31-20-9-5-6-10-20/h12-14,16-17,20,22H,5-11,15H2,1-4H3,(H,30,34)(H,31,36). The maximum atomic E-state index is 14.5. The second-order valence-corrected chi connectivity index (χ2v) is 11.4. The van der Waals surface area contributed by atoms with Crippen molar-refractivity contribution in [3.8, 4) is 0 Å². The number of rotatable bonds is 4. The number of nitrogens with one attached hydrogen (secondary N) is 2. The minimum atomic E-state index is -1.11. The lowest BCUT2D eigenvalue weighted by Crippen LogP contribution is -2.68. The molecule has 1 aromatic carbocycles. The Morgan fingerprint density at radius 1 is 1.08 bits per heavy atom. The highest BCUT2D eigenvalue weighted by Gasteiger charge is 2.53. The molecule has 7 nitrogen and oxygen atoms in total. The Hall–Kier alpha value is -2.90. The van der Waals surface area contributed by atoms with Crippen LogP contribution < -0.4 is 10.6 Å². The van der Waals surface area contributed by atoms with E-state index in [1.807, 2.05) is 16.4 Å². The minimum absolute atomic E-state index is 0.103. The zero-order valence-electron chi connectivity index (χ0n) is 21.7. The normalized spacial score (nSPS) is 28.9. The molecule has 0 spiro atoms. The first-order chi connectivity index (χ1) is 17.1. The van der Waals surface area contributed by atoms with Crippen LogP contribution in [0.25, 0.3) is 10.9 Å². The molecule has 1 aromatic heterocycles. The summed E-state index contributed by atoms with van der Waals surface area (Å²) in [4.78, 5) is 42.4. The van der Waals surface area contributed by atoms with Gasteiger partial charge in [0.2, 0.25) is 11.8 Å². The minimum Gasteiger partial charge on any atom is -0.351 e. The van der Waals surface area contributed by atoms with E-state index >= 15 is 0 Å². The van der Waals surface area contributed by atoms with Crippen molar-refractivity contribution < 1.29 is 18.8 Å². The molecule has 5 rings (SSSR count). The zero-order valence-corrected chi connectivity index (χ0v) is 21.7. The maximum Gasteiger partial charge on any atom is 0.273 e. The zero-order chi connectivity index (χ0) is 25.8. The van der Waals surface area contributed by atoms with E-state index in [0.717, 1.165) is 44.9 Å². The van der Waals surface area contributed by atoms with Gasteiger partial charge in [0.1, 0.15) is 17.1 Å². The molecule has 0 saturated heterocycles. The van der Waals surface area contributed by atoms with Crippen molar-refractivity contribution in [2.75, 3.05) is 5.32 Å². The third kappa shape index (κ3) is 3.98. The maximum absolute atomic E-state index is 14.5. The second-order valence-electron chi connectivity index (χ2n) is 11.4. The van der Waals surface area contributed by atoms with Gasteiger partial charge in [-0.3, -0.25) is 14.4 Å². The van der Waals surface area contributed by atoms with Crippen LogP contribution in [-0.4, -0.2) is 44.8 Å². The van der Waals surface area contributed by atoms with Gasteiger partial charge >= 0.3 is 0 Å². The lowest BCUT2D eigenvalue weighted by molar-refractivity contribution is -0.136. The number of nitrogens with zero attached hydrogens (tertiary/aromatic N) is 2. The summed E-state index contributed by atoms with van der Waals surface area (Å²) in [5, 5.41) is 6.53. The van der Waals surface area contributed by atoms with Gasteiger partial charge in [0.05, 0.1) is 17.7 Å². The van der Waals surface area contributed by atoms with Crippen LogP contribution in [0.1, 0.15) is 83.1 Å². The number of halogens is 1. The van der Waals surface area contributed by atoms with Crippen LogP contribution >= 0.6 is 0 Å². The van der Waals surface area contributed by atoms with Gasteiger partial charge in [-0.2, -0.15) is 0 Å². The molecular weight excluding hydrogens is 459 g/mol. The van der Waals surface area contributed by atoms with E-state index < -0.39 is 11.4 Å². The lowest BCUT2D eigenvalue weighted by atomic mass is 9.75. The predicted octanol–water partition coefficient (Wildman–Crippen LogP) is 4.84. The van der Waals surface area contributed by atoms with Crippen LogP contribution in [0.4, 0.5) is 10.1 Å². The summed E-state index contributed by atoms with van der Waals surface area (Å²) in [5.41, 5.74) is 0.161. The van der Waals surface area contributed by atoms with Crippen molar-refractivity contribution in [3.63, 3.8) is 0 Å². The van der Waals surface area contributed by atoms with Crippen molar-refractivity contribution in [1.29, 1.82) is 0 Å². The first-order valence-corrected chi connectivity index (χ1v) is 13.4. The summed E-state index contributed by atoms with van der Waals surface area (Å²) in [5.74, 6) is -0.548. The fourth-order valence-electron chi connectivity index (χ4n) is 6.77. The van der Waals surface area contributed by atoms with E-state index in [1.165, 1.54) is 19.1 Å². The van der Waals surface area contributed by atoms with Crippen LogP contribution in [-0.2, 0) is 16.1 Å². The third-order valence-corrected chi connectivity index (χ3v) is 8.92. The highest BCUT2D eigenvalue weighted by molar-refractivity contribution is 6.14. The molecular formula is C28H37FN4O3. The van der Waals surface area contributed by atoms with Gasteiger partial charge in [-0.05, 0) is 56.2 Å². The smallest absolute Gasteiger partial charge is 0.273 e. The molecule has 2 aliphatic carbocycles. The van der Waals surface area contributed by atoms with Gasteiger partial charge in [-0.25, -0.2) is 4.39 Å². The summed E-state index contributed by atoms with van der Waals surface area (Å²) in [6.07, 6.45) is 7.02. The fourth-order valence-corrected chi connectivity index (χ4v) is 6.77. The number of hydrogen-bond donors (Lipinski definition) is 2. The van der Waals surface area contributed by atoms with Crippen molar-refractivity contribution in [1.82, 2.24) is 14.8 Å². The molecule has 0 radical (unpaired) electrons. The number of amides is 3. The Kier molecular flexibility index (Phi) is 6.33. The number of benzene rings is 1. The molecule has 1 aliphatic heterocycles. The SMILES string of the molecule is CC(=O)Nc1c2n(c3ccc(F)cc13)CC(C)(C(=O)NC1CCCC1)N(C1CCCC(C)C1C)C2=O. The molecule has 194 valence electrons. The topological polar surface area (TPSA) is 83.4 Å². The largest absolute Gasteiger partial charge is 0.351 e. The number of fused-ring (bicyclic) bond motifs is 3. The van der Waals surface area contributed by atoms with Gasteiger partial charge < -0.3 is 20.1 Å². The molecule has 0 bridgehead atoms. The predicted molar refractivity (Wildman–Crippen MR) is 137 cm³/mol. The van der Waals surface area contributed by atoms with Gasteiger partial charge in [0, 0.05) is 24.4 Å². The summed E-state index contributed by atoms with van der Waals surface area (Å²) in [6.45, 7) is 7.88. The van der Waals surface area contributed by atoms with Crippen molar-refractivity contribution in [2.45, 2.75) is 96.8 Å². The van der Waals surface area contributed by atoms with Gasteiger partial charge in [0.15, 0.2) is 0 Å². The first kappa shape index (κ1) is 24.8. The molecule has 2 aromatic rings. The molecule has 8 heteroatoms. The molecule has 2 N–H and O–H groups in total. The quantitative estimate of drug-likeness (QED) is 0.636. The first-order valence-electron chi connectivity index (χ1n) is 13.4. The van der Waals surface area contributed by atoms with Crippen molar-refractivity contribution in [2.24, 2.45) is 11.8 Å². The molecule has 2 heterocycles. The summed E-state index contributed by atoms with van der Waals surface area (Å²) in [6, 6.07) is 4.36. The van der Waals surface area contributed by atoms with Crippen molar-refractivity contribution in [3.05, 3.63) is 29.7 Å².